The summed E-state index contributed by atoms with van der Waals surface area (Å²) >= 11 is 0. The van der Waals surface area contributed by atoms with Crippen molar-refractivity contribution in [2.24, 2.45) is 0 Å². The number of carbonyl (C=O) groups excluding carboxylic acids is 1. The van der Waals surface area contributed by atoms with E-state index >= 15 is 0 Å². The first-order valence-corrected chi connectivity index (χ1v) is 6.80. The number of rotatable bonds is 4. The molecule has 1 aromatic rings. The van der Waals surface area contributed by atoms with Crippen LogP contribution < -0.4 is 4.72 Å². The van der Waals surface area contributed by atoms with Crippen molar-refractivity contribution in [2.45, 2.75) is 19.1 Å². The van der Waals surface area contributed by atoms with Crippen LogP contribution in [0.4, 0.5) is 5.82 Å². The van der Waals surface area contributed by atoms with Crippen LogP contribution in [-0.4, -0.2) is 48.5 Å². The topological polar surface area (TPSA) is 92.3 Å². The highest BCUT2D eigenvalue weighted by Gasteiger charge is 2.29. The summed E-state index contributed by atoms with van der Waals surface area (Å²) in [5.41, 5.74) is 0.676. The van der Waals surface area contributed by atoms with Gasteiger partial charge in [0, 0.05) is 14.1 Å². The van der Waals surface area contributed by atoms with E-state index in [4.69, 9.17) is 0 Å². The summed E-state index contributed by atoms with van der Waals surface area (Å²) < 4.78 is 26.0. The summed E-state index contributed by atoms with van der Waals surface area (Å²) in [4.78, 5) is 20.6. The molecule has 0 radical (unpaired) electrons. The van der Waals surface area contributed by atoms with E-state index in [1.165, 1.54) is 38.3 Å². The molecular weight excluding hydrogens is 256 g/mol. The molecule has 0 aliphatic carbocycles. The largest absolute Gasteiger partial charge is 0.348 e. The molecule has 0 spiro atoms. The first-order valence-electron chi connectivity index (χ1n) is 5.25. The van der Waals surface area contributed by atoms with Crippen molar-refractivity contribution >= 4 is 21.7 Å². The molecule has 0 bridgehead atoms. The van der Waals surface area contributed by atoms with Gasteiger partial charge in [-0.2, -0.15) is 0 Å². The monoisotopic (exact) mass is 272 g/mol. The van der Waals surface area contributed by atoms with Crippen molar-refractivity contribution in [3.05, 3.63) is 18.1 Å². The maximum Gasteiger partial charge on any atom is 0.245 e. The van der Waals surface area contributed by atoms with Crippen molar-refractivity contribution in [3.8, 4) is 0 Å². The van der Waals surface area contributed by atoms with Gasteiger partial charge in [-0.15, -0.1) is 0 Å². The fraction of sp³-hybridized carbons (Fsp3) is 0.500. The number of anilines is 1. The van der Waals surface area contributed by atoms with Crippen LogP contribution in [0.5, 0.6) is 0 Å². The molecule has 0 aliphatic rings. The Morgan fingerprint density at radius 2 is 1.94 bits per heavy atom. The maximum atomic E-state index is 11.9. The van der Waals surface area contributed by atoms with E-state index in [2.05, 4.69) is 14.7 Å². The van der Waals surface area contributed by atoms with Crippen molar-refractivity contribution in [2.75, 3.05) is 18.8 Å². The predicted molar refractivity (Wildman–Crippen MR) is 67.5 cm³/mol. The van der Waals surface area contributed by atoms with E-state index in [0.717, 1.165) is 0 Å². The highest BCUT2D eigenvalue weighted by atomic mass is 32.2. The minimum absolute atomic E-state index is 0.0963. The molecule has 1 aromatic heterocycles. The lowest BCUT2D eigenvalue weighted by Crippen LogP contribution is -2.39. The predicted octanol–water partition coefficient (Wildman–Crippen LogP) is 0.00342. The average Bonchev–Trinajstić information content (AvgIpc) is 2.29. The molecule has 7 nitrogen and oxygen atoms in total. The zero-order valence-electron chi connectivity index (χ0n) is 10.7. The fourth-order valence-electron chi connectivity index (χ4n) is 1.18. The molecule has 1 atom stereocenters. The van der Waals surface area contributed by atoms with Gasteiger partial charge in [-0.3, -0.25) is 14.5 Å². The van der Waals surface area contributed by atoms with Gasteiger partial charge in [0.15, 0.2) is 11.1 Å². The first-order chi connectivity index (χ1) is 8.24. The number of hydrogen-bond acceptors (Lipinski definition) is 5. The Morgan fingerprint density at radius 1 is 1.33 bits per heavy atom. The average molecular weight is 272 g/mol. The Morgan fingerprint density at radius 3 is 2.39 bits per heavy atom. The second-order valence-corrected chi connectivity index (χ2v) is 6.07. The van der Waals surface area contributed by atoms with Crippen LogP contribution in [0.1, 0.15) is 12.6 Å². The Balaban J connectivity index is 2.88. The highest BCUT2D eigenvalue weighted by Crippen LogP contribution is 2.09. The van der Waals surface area contributed by atoms with Crippen LogP contribution in [-0.2, 0) is 14.8 Å². The molecule has 0 aromatic carbocycles. The summed E-state index contributed by atoms with van der Waals surface area (Å²) in [6.07, 6.45) is 2.75. The molecule has 18 heavy (non-hydrogen) atoms. The molecule has 0 saturated heterocycles. The maximum absolute atomic E-state index is 11.9. The van der Waals surface area contributed by atoms with Gasteiger partial charge in [0.2, 0.25) is 15.9 Å². The minimum atomic E-state index is -3.81. The summed E-state index contributed by atoms with van der Waals surface area (Å²) in [6, 6.07) is 0. The first kappa shape index (κ1) is 14.4. The Kier molecular flexibility index (Phi) is 4.23. The Labute approximate surface area is 106 Å². The van der Waals surface area contributed by atoms with Gasteiger partial charge in [-0.1, -0.05) is 0 Å². The number of nitrogens with one attached hydrogen (secondary N) is 1. The molecule has 1 amide bonds. The summed E-state index contributed by atoms with van der Waals surface area (Å²) in [5.74, 6) is -0.401. The lowest BCUT2D eigenvalue weighted by atomic mass is 10.4. The van der Waals surface area contributed by atoms with Crippen LogP contribution >= 0.6 is 0 Å². The van der Waals surface area contributed by atoms with Crippen LogP contribution in [0.2, 0.25) is 0 Å². The molecular formula is C10H16N4O3S. The second kappa shape index (κ2) is 5.30. The SMILES string of the molecule is Cc1cnc(NS(=O)(=O)C(C)C(=O)N(C)C)cn1. The van der Waals surface area contributed by atoms with E-state index < -0.39 is 21.2 Å². The molecule has 1 rings (SSSR count). The van der Waals surface area contributed by atoms with Crippen molar-refractivity contribution in [1.82, 2.24) is 14.9 Å². The molecule has 1 unspecified atom stereocenters. The molecule has 0 saturated carbocycles. The van der Waals surface area contributed by atoms with Crippen molar-refractivity contribution in [3.63, 3.8) is 0 Å². The normalized spacial score (nSPS) is 12.9. The highest BCUT2D eigenvalue weighted by molar-refractivity contribution is 7.94. The van der Waals surface area contributed by atoms with Gasteiger partial charge in [0.25, 0.3) is 0 Å². The van der Waals surface area contributed by atoms with E-state index in [1.807, 2.05) is 0 Å². The molecule has 1 N–H and O–H groups in total. The Hall–Kier alpha value is -1.70. The number of hydrogen-bond donors (Lipinski definition) is 1. The van der Waals surface area contributed by atoms with Crippen LogP contribution in [0.25, 0.3) is 0 Å². The van der Waals surface area contributed by atoms with Gasteiger partial charge in [-0.05, 0) is 13.8 Å². The van der Waals surface area contributed by atoms with E-state index in [9.17, 15) is 13.2 Å². The lowest BCUT2D eigenvalue weighted by Gasteiger charge is -2.17. The number of sulfonamides is 1. The lowest BCUT2D eigenvalue weighted by molar-refractivity contribution is -0.127. The molecule has 8 heteroatoms. The summed E-state index contributed by atoms with van der Waals surface area (Å²) in [5, 5.41) is -1.18. The van der Waals surface area contributed by atoms with Crippen molar-refractivity contribution < 1.29 is 13.2 Å². The summed E-state index contributed by atoms with van der Waals surface area (Å²) in [6.45, 7) is 3.07. The van der Waals surface area contributed by atoms with Gasteiger partial charge < -0.3 is 4.90 Å². The smallest absolute Gasteiger partial charge is 0.245 e. The third-order valence-corrected chi connectivity index (χ3v) is 3.91. The van der Waals surface area contributed by atoms with Crippen LogP contribution in [0, 0.1) is 6.92 Å². The molecule has 100 valence electrons. The molecule has 0 aliphatic heterocycles. The standard InChI is InChI=1S/C10H16N4O3S/c1-7-5-12-9(6-11-7)13-18(16,17)8(2)10(15)14(3)4/h5-6,8H,1-4H3,(H,12,13). The molecule has 0 fully saturated rings. The third-order valence-electron chi connectivity index (χ3n) is 2.28. The molecule has 1 heterocycles. The third kappa shape index (κ3) is 3.39. The number of aryl methyl sites for hydroxylation is 1. The number of carbonyl (C=O) groups is 1. The minimum Gasteiger partial charge on any atom is -0.348 e. The van der Waals surface area contributed by atoms with Crippen LogP contribution in [0.15, 0.2) is 12.4 Å². The van der Waals surface area contributed by atoms with Gasteiger partial charge >= 0.3 is 0 Å². The number of amides is 1. The van der Waals surface area contributed by atoms with E-state index in [0.29, 0.717) is 5.69 Å². The van der Waals surface area contributed by atoms with Gasteiger partial charge in [0.05, 0.1) is 18.1 Å². The fourth-order valence-corrected chi connectivity index (χ4v) is 2.23. The van der Waals surface area contributed by atoms with E-state index in [-0.39, 0.29) is 5.82 Å². The second-order valence-electron chi connectivity index (χ2n) is 4.06. The van der Waals surface area contributed by atoms with Gasteiger partial charge in [0.1, 0.15) is 0 Å². The zero-order chi connectivity index (χ0) is 13.9. The van der Waals surface area contributed by atoms with Crippen molar-refractivity contribution in [1.29, 1.82) is 0 Å². The number of nitrogens with zero attached hydrogens (tertiary/aromatic N) is 3. The quantitative estimate of drug-likeness (QED) is 0.833. The zero-order valence-corrected chi connectivity index (χ0v) is 11.5. The van der Waals surface area contributed by atoms with E-state index in [1.54, 1.807) is 6.92 Å². The Bertz CT molecular complexity index is 525. The summed E-state index contributed by atoms with van der Waals surface area (Å²) in [7, 11) is -0.814. The van der Waals surface area contributed by atoms with Gasteiger partial charge in [-0.25, -0.2) is 13.4 Å². The number of aromatic nitrogens is 2. The van der Waals surface area contributed by atoms with Crippen LogP contribution in [0.3, 0.4) is 0 Å².